The Balaban J connectivity index is 2.39. The summed E-state index contributed by atoms with van der Waals surface area (Å²) in [4.78, 5) is 0. The highest BCUT2D eigenvalue weighted by Crippen LogP contribution is 2.13. The van der Waals surface area contributed by atoms with Crippen LogP contribution in [0.2, 0.25) is 0 Å². The lowest BCUT2D eigenvalue weighted by atomic mass is 10.0. The van der Waals surface area contributed by atoms with Gasteiger partial charge >= 0.3 is 0 Å². The SMILES string of the molecule is CC(C)CCC(C)NC(C)c1ccnn1C. The average molecular weight is 223 g/mol. The van der Waals surface area contributed by atoms with E-state index in [0.717, 1.165) is 5.92 Å². The number of hydrogen-bond acceptors (Lipinski definition) is 2. The molecule has 3 nitrogen and oxygen atoms in total. The third kappa shape index (κ3) is 3.97. The zero-order chi connectivity index (χ0) is 12.1. The first-order valence-corrected chi connectivity index (χ1v) is 6.24. The fourth-order valence-corrected chi connectivity index (χ4v) is 1.99. The second-order valence-electron chi connectivity index (χ2n) is 5.14. The predicted molar refractivity (Wildman–Crippen MR) is 68.3 cm³/mol. The Hall–Kier alpha value is -0.830. The van der Waals surface area contributed by atoms with Gasteiger partial charge in [-0.15, -0.1) is 0 Å². The van der Waals surface area contributed by atoms with Crippen LogP contribution in [0.1, 0.15) is 52.3 Å². The van der Waals surface area contributed by atoms with Gasteiger partial charge < -0.3 is 5.32 Å². The molecule has 1 aromatic rings. The van der Waals surface area contributed by atoms with Gasteiger partial charge in [0.1, 0.15) is 0 Å². The molecule has 0 aliphatic heterocycles. The lowest BCUT2D eigenvalue weighted by Gasteiger charge is -2.20. The lowest BCUT2D eigenvalue weighted by molar-refractivity contribution is 0.406. The fraction of sp³-hybridized carbons (Fsp3) is 0.769. The quantitative estimate of drug-likeness (QED) is 0.803. The fourth-order valence-electron chi connectivity index (χ4n) is 1.99. The van der Waals surface area contributed by atoms with Crippen LogP contribution < -0.4 is 5.32 Å². The molecule has 0 bridgehead atoms. The molecule has 16 heavy (non-hydrogen) atoms. The maximum absolute atomic E-state index is 4.20. The van der Waals surface area contributed by atoms with Gasteiger partial charge in [-0.1, -0.05) is 13.8 Å². The van der Waals surface area contributed by atoms with E-state index in [1.165, 1.54) is 18.5 Å². The van der Waals surface area contributed by atoms with E-state index >= 15 is 0 Å². The second-order valence-corrected chi connectivity index (χ2v) is 5.14. The maximum Gasteiger partial charge on any atom is 0.0547 e. The summed E-state index contributed by atoms with van der Waals surface area (Å²) in [7, 11) is 1.99. The molecule has 0 saturated heterocycles. The third-order valence-electron chi connectivity index (χ3n) is 3.01. The largest absolute Gasteiger partial charge is 0.306 e. The molecule has 2 unspecified atom stereocenters. The van der Waals surface area contributed by atoms with Gasteiger partial charge in [0.2, 0.25) is 0 Å². The molecule has 0 amide bonds. The minimum atomic E-state index is 0.370. The Morgan fingerprint density at radius 3 is 2.44 bits per heavy atom. The molecule has 0 aliphatic carbocycles. The van der Waals surface area contributed by atoms with Crippen LogP contribution in [0.25, 0.3) is 0 Å². The molecule has 0 fully saturated rings. The highest BCUT2D eigenvalue weighted by molar-refractivity contribution is 5.05. The standard InChI is InChI=1S/C13H25N3/c1-10(2)6-7-11(3)15-12(4)13-8-9-14-16(13)5/h8-12,15H,6-7H2,1-5H3. The summed E-state index contributed by atoms with van der Waals surface area (Å²) in [6.07, 6.45) is 4.37. The first kappa shape index (κ1) is 13.2. The van der Waals surface area contributed by atoms with Gasteiger partial charge in [-0.25, -0.2) is 0 Å². The Labute approximate surface area is 99.2 Å². The molecule has 0 radical (unpaired) electrons. The zero-order valence-electron chi connectivity index (χ0n) is 11.2. The van der Waals surface area contributed by atoms with Crippen molar-refractivity contribution < 1.29 is 0 Å². The number of nitrogens with zero attached hydrogens (tertiary/aromatic N) is 2. The normalized spacial score (nSPS) is 15.4. The monoisotopic (exact) mass is 223 g/mol. The Bertz CT molecular complexity index is 304. The summed E-state index contributed by atoms with van der Waals surface area (Å²) < 4.78 is 1.94. The van der Waals surface area contributed by atoms with Crippen molar-refractivity contribution in [1.29, 1.82) is 0 Å². The predicted octanol–water partition coefficient (Wildman–Crippen LogP) is 2.90. The third-order valence-corrected chi connectivity index (χ3v) is 3.01. The zero-order valence-corrected chi connectivity index (χ0v) is 11.2. The molecule has 3 heteroatoms. The lowest BCUT2D eigenvalue weighted by Crippen LogP contribution is -2.30. The van der Waals surface area contributed by atoms with Crippen molar-refractivity contribution in [3.8, 4) is 0 Å². The van der Waals surface area contributed by atoms with Gasteiger partial charge in [0.05, 0.1) is 5.69 Å². The Morgan fingerprint density at radius 1 is 1.25 bits per heavy atom. The van der Waals surface area contributed by atoms with Crippen molar-refractivity contribution >= 4 is 0 Å². The summed E-state index contributed by atoms with van der Waals surface area (Å²) in [5, 5.41) is 7.81. The molecular formula is C13H25N3. The van der Waals surface area contributed by atoms with Crippen LogP contribution in [-0.2, 0) is 7.05 Å². The summed E-state index contributed by atoms with van der Waals surface area (Å²) in [5.41, 5.74) is 1.25. The molecule has 92 valence electrons. The molecule has 2 atom stereocenters. The Morgan fingerprint density at radius 2 is 1.94 bits per heavy atom. The van der Waals surface area contributed by atoms with Gasteiger partial charge in [-0.2, -0.15) is 5.10 Å². The van der Waals surface area contributed by atoms with Crippen LogP contribution in [0.5, 0.6) is 0 Å². The van der Waals surface area contributed by atoms with Crippen LogP contribution >= 0.6 is 0 Å². The molecular weight excluding hydrogens is 198 g/mol. The summed E-state index contributed by atoms with van der Waals surface area (Å²) in [6, 6.07) is 3.01. The summed E-state index contributed by atoms with van der Waals surface area (Å²) >= 11 is 0. The number of hydrogen-bond donors (Lipinski definition) is 1. The first-order valence-electron chi connectivity index (χ1n) is 6.24. The van der Waals surface area contributed by atoms with E-state index in [2.05, 4.69) is 44.2 Å². The van der Waals surface area contributed by atoms with Crippen molar-refractivity contribution in [2.45, 2.75) is 52.6 Å². The molecule has 0 saturated carbocycles. The van der Waals surface area contributed by atoms with Crippen molar-refractivity contribution in [2.75, 3.05) is 0 Å². The molecule has 0 aromatic carbocycles. The van der Waals surface area contributed by atoms with Crippen molar-refractivity contribution in [3.63, 3.8) is 0 Å². The van der Waals surface area contributed by atoms with Crippen molar-refractivity contribution in [2.24, 2.45) is 13.0 Å². The van der Waals surface area contributed by atoms with Crippen LogP contribution in [0.15, 0.2) is 12.3 Å². The summed E-state index contributed by atoms with van der Waals surface area (Å²) in [5.74, 6) is 0.788. The maximum atomic E-state index is 4.20. The van der Waals surface area contributed by atoms with Gasteiger partial charge in [0.15, 0.2) is 0 Å². The average Bonchev–Trinajstić information content (AvgIpc) is 2.61. The molecule has 1 N–H and O–H groups in total. The molecule has 0 spiro atoms. The minimum absolute atomic E-state index is 0.370. The smallest absolute Gasteiger partial charge is 0.0547 e. The van der Waals surface area contributed by atoms with Crippen LogP contribution in [0.3, 0.4) is 0 Å². The first-order chi connectivity index (χ1) is 7.50. The van der Waals surface area contributed by atoms with Crippen molar-refractivity contribution in [3.05, 3.63) is 18.0 Å². The van der Waals surface area contributed by atoms with E-state index in [1.807, 2.05) is 17.9 Å². The second kappa shape index (κ2) is 6.04. The molecule has 1 heterocycles. The molecule has 1 aromatic heterocycles. The minimum Gasteiger partial charge on any atom is -0.306 e. The van der Waals surface area contributed by atoms with E-state index in [9.17, 15) is 0 Å². The van der Waals surface area contributed by atoms with E-state index in [0.29, 0.717) is 12.1 Å². The van der Waals surface area contributed by atoms with E-state index in [-0.39, 0.29) is 0 Å². The van der Waals surface area contributed by atoms with Crippen LogP contribution in [0, 0.1) is 5.92 Å². The summed E-state index contributed by atoms with van der Waals surface area (Å²) in [6.45, 7) is 9.01. The van der Waals surface area contributed by atoms with Gasteiger partial charge in [-0.3, -0.25) is 4.68 Å². The number of rotatable bonds is 6. The van der Waals surface area contributed by atoms with Gasteiger partial charge in [0.25, 0.3) is 0 Å². The number of nitrogens with one attached hydrogen (secondary N) is 1. The van der Waals surface area contributed by atoms with Gasteiger partial charge in [-0.05, 0) is 38.7 Å². The highest BCUT2D eigenvalue weighted by Gasteiger charge is 2.12. The highest BCUT2D eigenvalue weighted by atomic mass is 15.3. The number of aromatic nitrogens is 2. The Kier molecular flexibility index (Phi) is 5.00. The van der Waals surface area contributed by atoms with Gasteiger partial charge in [0, 0.05) is 25.3 Å². The van der Waals surface area contributed by atoms with E-state index in [1.54, 1.807) is 0 Å². The van der Waals surface area contributed by atoms with E-state index in [4.69, 9.17) is 0 Å². The molecule has 1 rings (SSSR count). The van der Waals surface area contributed by atoms with Crippen LogP contribution in [0.4, 0.5) is 0 Å². The molecule has 0 aliphatic rings. The van der Waals surface area contributed by atoms with Crippen molar-refractivity contribution in [1.82, 2.24) is 15.1 Å². The van der Waals surface area contributed by atoms with E-state index < -0.39 is 0 Å². The topological polar surface area (TPSA) is 29.9 Å². The van der Waals surface area contributed by atoms with Crippen LogP contribution in [-0.4, -0.2) is 15.8 Å². The number of aryl methyl sites for hydroxylation is 1.